The summed E-state index contributed by atoms with van der Waals surface area (Å²) >= 11 is 0. The lowest BCUT2D eigenvalue weighted by molar-refractivity contribution is -0.385. The van der Waals surface area contributed by atoms with Gasteiger partial charge in [0.05, 0.1) is 16.4 Å². The summed E-state index contributed by atoms with van der Waals surface area (Å²) in [6.07, 6.45) is 1.84. The highest BCUT2D eigenvalue weighted by Gasteiger charge is 2.29. The Kier molecular flexibility index (Phi) is 5.24. The van der Waals surface area contributed by atoms with E-state index in [9.17, 15) is 23.3 Å². The monoisotopic (exact) mass is 355 g/mol. The average Bonchev–Trinajstić information content (AvgIpc) is 3.03. The number of rotatable bonds is 5. The van der Waals surface area contributed by atoms with Crippen molar-refractivity contribution in [2.45, 2.75) is 31.6 Å². The maximum Gasteiger partial charge on any atom is 0.271 e. The molecule has 1 saturated heterocycles. The number of carbonyl (C=O) groups is 1. The van der Waals surface area contributed by atoms with Crippen LogP contribution in [0.15, 0.2) is 17.0 Å². The van der Waals surface area contributed by atoms with Gasteiger partial charge in [0.2, 0.25) is 15.9 Å². The van der Waals surface area contributed by atoms with Gasteiger partial charge < -0.3 is 4.90 Å². The second kappa shape index (κ2) is 6.86. The van der Waals surface area contributed by atoms with Crippen LogP contribution in [-0.4, -0.2) is 55.1 Å². The molecule has 1 aliphatic heterocycles. The van der Waals surface area contributed by atoms with Crippen molar-refractivity contribution < 1.29 is 18.1 Å². The van der Waals surface area contributed by atoms with Crippen LogP contribution in [0.3, 0.4) is 0 Å². The third-order valence-electron chi connectivity index (χ3n) is 4.32. The molecule has 1 aliphatic rings. The van der Waals surface area contributed by atoms with E-state index in [1.54, 1.807) is 18.7 Å². The van der Waals surface area contributed by atoms with Crippen LogP contribution in [-0.2, 0) is 14.8 Å². The van der Waals surface area contributed by atoms with Gasteiger partial charge >= 0.3 is 0 Å². The van der Waals surface area contributed by atoms with Crippen LogP contribution < -0.4 is 0 Å². The van der Waals surface area contributed by atoms with E-state index in [-0.39, 0.29) is 23.0 Å². The third kappa shape index (κ3) is 3.57. The summed E-state index contributed by atoms with van der Waals surface area (Å²) in [6, 6.07) is 2.39. The Hall–Kier alpha value is -2.00. The molecule has 9 heteroatoms. The fourth-order valence-electron chi connectivity index (χ4n) is 2.69. The van der Waals surface area contributed by atoms with E-state index in [1.165, 1.54) is 13.1 Å². The lowest BCUT2D eigenvalue weighted by Crippen LogP contribution is -2.40. The fraction of sp³-hybridized carbons (Fsp3) is 0.533. The highest BCUT2D eigenvalue weighted by atomic mass is 32.2. The number of amides is 1. The van der Waals surface area contributed by atoms with E-state index in [2.05, 4.69) is 0 Å². The lowest BCUT2D eigenvalue weighted by Gasteiger charge is -2.22. The number of non-ortho nitro benzene ring substituents is 1. The van der Waals surface area contributed by atoms with E-state index in [1.807, 2.05) is 0 Å². The second-order valence-corrected chi connectivity index (χ2v) is 8.01. The zero-order valence-corrected chi connectivity index (χ0v) is 14.8. The number of sulfonamides is 1. The fourth-order valence-corrected chi connectivity index (χ4v) is 4.13. The molecule has 0 radical (unpaired) electrons. The number of nitro benzene ring substituents is 1. The van der Waals surface area contributed by atoms with Crippen molar-refractivity contribution in [2.75, 3.05) is 26.7 Å². The van der Waals surface area contributed by atoms with Crippen LogP contribution in [0.2, 0.25) is 0 Å². The maximum atomic E-state index is 12.8. The zero-order valence-electron chi connectivity index (χ0n) is 14.0. The molecule has 0 atom stereocenters. The number of nitro groups is 1. The van der Waals surface area contributed by atoms with E-state index in [0.717, 1.165) is 23.2 Å². The molecule has 0 spiro atoms. The minimum Gasteiger partial charge on any atom is -0.342 e. The SMILES string of the molecule is Cc1cc([N+](=O)[O-])cc(S(=O)(=O)N(C)CC(=O)N2CCCC2)c1C. The van der Waals surface area contributed by atoms with Crippen LogP contribution in [0, 0.1) is 24.0 Å². The van der Waals surface area contributed by atoms with Gasteiger partial charge in [0.25, 0.3) is 5.69 Å². The minimum absolute atomic E-state index is 0.133. The van der Waals surface area contributed by atoms with E-state index >= 15 is 0 Å². The number of aryl methyl sites for hydroxylation is 1. The predicted octanol–water partition coefficient (Wildman–Crippen LogP) is 1.45. The number of likely N-dealkylation sites (tertiary alicyclic amines) is 1. The van der Waals surface area contributed by atoms with Gasteiger partial charge in [-0.2, -0.15) is 4.31 Å². The first kappa shape index (κ1) is 18.3. The van der Waals surface area contributed by atoms with Gasteiger partial charge in [0.15, 0.2) is 0 Å². The quantitative estimate of drug-likeness (QED) is 0.588. The van der Waals surface area contributed by atoms with Crippen molar-refractivity contribution in [3.8, 4) is 0 Å². The molecular weight excluding hydrogens is 334 g/mol. The summed E-state index contributed by atoms with van der Waals surface area (Å²) < 4.78 is 26.5. The molecule has 0 aromatic heterocycles. The van der Waals surface area contributed by atoms with Crippen LogP contribution in [0.5, 0.6) is 0 Å². The standard InChI is InChI=1S/C15H21N3O5S/c1-11-8-13(18(20)21)9-14(12(11)2)24(22,23)16(3)10-15(19)17-6-4-5-7-17/h8-9H,4-7,10H2,1-3H3. The number of nitrogens with zero attached hydrogens (tertiary/aromatic N) is 3. The zero-order chi connectivity index (χ0) is 18.1. The molecule has 0 bridgehead atoms. The molecule has 0 saturated carbocycles. The van der Waals surface area contributed by atoms with Crippen molar-refractivity contribution in [1.82, 2.24) is 9.21 Å². The Morgan fingerprint density at radius 2 is 1.88 bits per heavy atom. The van der Waals surface area contributed by atoms with Crippen molar-refractivity contribution >= 4 is 21.6 Å². The Morgan fingerprint density at radius 3 is 2.42 bits per heavy atom. The van der Waals surface area contributed by atoms with E-state index in [4.69, 9.17) is 0 Å². The van der Waals surface area contributed by atoms with Gasteiger partial charge in [-0.15, -0.1) is 0 Å². The molecule has 2 rings (SSSR count). The summed E-state index contributed by atoms with van der Waals surface area (Å²) in [4.78, 5) is 24.1. The van der Waals surface area contributed by atoms with Crippen molar-refractivity contribution in [3.05, 3.63) is 33.4 Å². The third-order valence-corrected chi connectivity index (χ3v) is 6.25. The highest BCUT2D eigenvalue weighted by Crippen LogP contribution is 2.27. The molecule has 0 N–H and O–H groups in total. The number of hydrogen-bond acceptors (Lipinski definition) is 5. The van der Waals surface area contributed by atoms with E-state index < -0.39 is 14.9 Å². The summed E-state index contributed by atoms with van der Waals surface area (Å²) in [5, 5.41) is 11.0. The lowest BCUT2D eigenvalue weighted by atomic mass is 10.1. The molecule has 1 heterocycles. The molecule has 1 aromatic carbocycles. The molecule has 132 valence electrons. The number of carbonyl (C=O) groups excluding carboxylic acids is 1. The van der Waals surface area contributed by atoms with Gasteiger partial charge in [0, 0.05) is 32.3 Å². The molecule has 1 amide bonds. The van der Waals surface area contributed by atoms with Gasteiger partial charge in [-0.05, 0) is 37.8 Å². The van der Waals surface area contributed by atoms with Gasteiger partial charge in [-0.25, -0.2) is 8.42 Å². The number of hydrogen-bond donors (Lipinski definition) is 0. The summed E-state index contributed by atoms with van der Waals surface area (Å²) in [5.41, 5.74) is 0.680. The van der Waals surface area contributed by atoms with Crippen molar-refractivity contribution in [1.29, 1.82) is 0 Å². The molecule has 24 heavy (non-hydrogen) atoms. The topological polar surface area (TPSA) is 101 Å². The summed E-state index contributed by atoms with van der Waals surface area (Å²) in [6.45, 7) is 4.23. The number of likely N-dealkylation sites (N-methyl/N-ethyl adjacent to an activating group) is 1. The average molecular weight is 355 g/mol. The maximum absolute atomic E-state index is 12.8. The first-order chi connectivity index (χ1) is 11.1. The molecule has 1 fully saturated rings. The number of benzene rings is 1. The van der Waals surface area contributed by atoms with Crippen molar-refractivity contribution in [2.24, 2.45) is 0 Å². The van der Waals surface area contributed by atoms with Gasteiger partial charge in [-0.3, -0.25) is 14.9 Å². The first-order valence-electron chi connectivity index (χ1n) is 7.64. The Labute approximate surface area is 141 Å². The Balaban J connectivity index is 2.32. The van der Waals surface area contributed by atoms with Crippen LogP contribution in [0.25, 0.3) is 0 Å². The first-order valence-corrected chi connectivity index (χ1v) is 9.08. The highest BCUT2D eigenvalue weighted by molar-refractivity contribution is 7.89. The van der Waals surface area contributed by atoms with Crippen LogP contribution in [0.1, 0.15) is 24.0 Å². The Morgan fingerprint density at radius 1 is 1.29 bits per heavy atom. The van der Waals surface area contributed by atoms with Crippen LogP contribution in [0.4, 0.5) is 5.69 Å². The van der Waals surface area contributed by atoms with Crippen LogP contribution >= 0.6 is 0 Å². The summed E-state index contributed by atoms with van der Waals surface area (Å²) in [5.74, 6) is -0.251. The second-order valence-electron chi connectivity index (χ2n) is 5.99. The van der Waals surface area contributed by atoms with E-state index in [0.29, 0.717) is 24.2 Å². The summed E-state index contributed by atoms with van der Waals surface area (Å²) in [7, 11) is -2.68. The minimum atomic E-state index is -3.99. The largest absolute Gasteiger partial charge is 0.342 e. The molecule has 0 unspecified atom stereocenters. The normalized spacial score (nSPS) is 15.1. The molecular formula is C15H21N3O5S. The van der Waals surface area contributed by atoms with Gasteiger partial charge in [-0.1, -0.05) is 0 Å². The molecule has 1 aromatic rings. The van der Waals surface area contributed by atoms with Gasteiger partial charge in [0.1, 0.15) is 0 Å². The smallest absolute Gasteiger partial charge is 0.271 e. The van der Waals surface area contributed by atoms with Crippen molar-refractivity contribution in [3.63, 3.8) is 0 Å². The molecule has 0 aliphatic carbocycles. The molecule has 8 nitrogen and oxygen atoms in total. The predicted molar refractivity (Wildman–Crippen MR) is 88.2 cm³/mol. The Bertz CT molecular complexity index is 770.